The Labute approximate surface area is 154 Å². The van der Waals surface area contributed by atoms with E-state index in [1.807, 2.05) is 62.4 Å². The van der Waals surface area contributed by atoms with E-state index in [-0.39, 0.29) is 5.91 Å². The number of hydrogen-bond donors (Lipinski definition) is 2. The van der Waals surface area contributed by atoms with E-state index in [1.165, 1.54) is 0 Å². The van der Waals surface area contributed by atoms with Crippen LogP contribution in [0.2, 0.25) is 0 Å². The summed E-state index contributed by atoms with van der Waals surface area (Å²) in [6.45, 7) is 3.80. The monoisotopic (exact) mass is 396 g/mol. The van der Waals surface area contributed by atoms with E-state index in [9.17, 15) is 4.79 Å². The van der Waals surface area contributed by atoms with E-state index >= 15 is 0 Å². The summed E-state index contributed by atoms with van der Waals surface area (Å²) in [6.07, 6.45) is 0. The number of aryl methyl sites for hydroxylation is 2. The molecule has 2 N–H and O–H groups in total. The third-order valence-corrected chi connectivity index (χ3v) is 4.42. The zero-order valence-corrected chi connectivity index (χ0v) is 15.5. The number of carbonyl (C=O) groups excluding carboxylic acids is 1. The second-order valence-corrected chi connectivity index (χ2v) is 6.48. The van der Waals surface area contributed by atoms with Crippen molar-refractivity contribution in [1.82, 2.24) is 9.97 Å². The van der Waals surface area contributed by atoms with Crippen molar-refractivity contribution in [1.29, 1.82) is 0 Å². The highest BCUT2D eigenvalue weighted by Crippen LogP contribution is 2.20. The summed E-state index contributed by atoms with van der Waals surface area (Å²) < 4.78 is 0.998. The zero-order valence-electron chi connectivity index (χ0n) is 13.9. The topological polar surface area (TPSA) is 66.9 Å². The number of halogens is 1. The van der Waals surface area contributed by atoms with Crippen LogP contribution in [0.15, 0.2) is 59.1 Å². The fourth-order valence-electron chi connectivity index (χ4n) is 2.31. The molecular weight excluding hydrogens is 380 g/mol. The molecule has 0 saturated carbocycles. The van der Waals surface area contributed by atoms with Gasteiger partial charge in [0.15, 0.2) is 0 Å². The summed E-state index contributed by atoms with van der Waals surface area (Å²) >= 11 is 3.45. The number of aromatic nitrogens is 2. The molecule has 0 aliphatic carbocycles. The zero-order chi connectivity index (χ0) is 17.8. The van der Waals surface area contributed by atoms with Crippen LogP contribution in [0.4, 0.5) is 17.3 Å². The van der Waals surface area contributed by atoms with Crippen LogP contribution in [0, 0.1) is 13.8 Å². The molecule has 126 valence electrons. The average molecular weight is 397 g/mol. The summed E-state index contributed by atoms with van der Waals surface area (Å²) in [5.41, 5.74) is 3.66. The number of para-hydroxylation sites is 1. The van der Waals surface area contributed by atoms with Crippen LogP contribution >= 0.6 is 15.9 Å². The molecule has 0 atom stereocenters. The highest BCUT2D eigenvalue weighted by atomic mass is 79.9. The molecule has 3 rings (SSSR count). The van der Waals surface area contributed by atoms with E-state index in [2.05, 4.69) is 36.5 Å². The molecule has 0 fully saturated rings. The lowest BCUT2D eigenvalue weighted by atomic mass is 10.2. The Morgan fingerprint density at radius 1 is 0.960 bits per heavy atom. The van der Waals surface area contributed by atoms with Crippen LogP contribution in [0.3, 0.4) is 0 Å². The fraction of sp³-hybridized carbons (Fsp3) is 0.105. The molecule has 0 saturated heterocycles. The largest absolute Gasteiger partial charge is 0.324 e. The minimum absolute atomic E-state index is 0.275. The lowest BCUT2D eigenvalue weighted by Crippen LogP contribution is -2.15. The van der Waals surface area contributed by atoms with Gasteiger partial charge in [0.2, 0.25) is 5.95 Å². The van der Waals surface area contributed by atoms with E-state index in [0.29, 0.717) is 17.3 Å². The van der Waals surface area contributed by atoms with Crippen molar-refractivity contribution < 1.29 is 4.79 Å². The standard InChI is InChI=1S/C19H17BrN4O/c1-12-10-15(8-9-16(12)20)22-18(25)17-11-13(2)21-19(24-17)23-14-6-4-3-5-7-14/h3-11H,1-2H3,(H,22,25)(H,21,23,24). The van der Waals surface area contributed by atoms with E-state index in [1.54, 1.807) is 6.07 Å². The van der Waals surface area contributed by atoms with Crippen LogP contribution in [0.5, 0.6) is 0 Å². The first-order valence-corrected chi connectivity index (χ1v) is 8.56. The molecular formula is C19H17BrN4O. The quantitative estimate of drug-likeness (QED) is 0.661. The number of hydrogen-bond acceptors (Lipinski definition) is 4. The Kier molecular flexibility index (Phi) is 5.09. The normalized spacial score (nSPS) is 10.4. The van der Waals surface area contributed by atoms with Crippen LogP contribution in [-0.4, -0.2) is 15.9 Å². The van der Waals surface area contributed by atoms with E-state index in [4.69, 9.17) is 0 Å². The van der Waals surface area contributed by atoms with Gasteiger partial charge in [0.05, 0.1) is 0 Å². The lowest BCUT2D eigenvalue weighted by molar-refractivity contribution is 0.102. The molecule has 1 amide bonds. The van der Waals surface area contributed by atoms with Gasteiger partial charge in [-0.2, -0.15) is 0 Å². The Balaban J connectivity index is 1.81. The van der Waals surface area contributed by atoms with Gasteiger partial charge in [-0.05, 0) is 55.8 Å². The van der Waals surface area contributed by atoms with Crippen LogP contribution < -0.4 is 10.6 Å². The van der Waals surface area contributed by atoms with Gasteiger partial charge in [0.25, 0.3) is 5.91 Å². The van der Waals surface area contributed by atoms with E-state index in [0.717, 1.165) is 21.4 Å². The second-order valence-electron chi connectivity index (χ2n) is 5.63. The van der Waals surface area contributed by atoms with Gasteiger partial charge in [0, 0.05) is 21.5 Å². The minimum atomic E-state index is -0.275. The molecule has 0 aliphatic rings. The Hall–Kier alpha value is -2.73. The van der Waals surface area contributed by atoms with Crippen molar-refractivity contribution >= 4 is 39.2 Å². The second kappa shape index (κ2) is 7.44. The molecule has 3 aromatic rings. The van der Waals surface area contributed by atoms with Gasteiger partial charge >= 0.3 is 0 Å². The van der Waals surface area contributed by atoms with Gasteiger partial charge in [-0.25, -0.2) is 9.97 Å². The van der Waals surface area contributed by atoms with Gasteiger partial charge < -0.3 is 10.6 Å². The molecule has 0 radical (unpaired) electrons. The number of carbonyl (C=O) groups is 1. The third kappa shape index (κ3) is 4.42. The van der Waals surface area contributed by atoms with Crippen molar-refractivity contribution in [2.45, 2.75) is 13.8 Å². The molecule has 0 bridgehead atoms. The summed E-state index contributed by atoms with van der Waals surface area (Å²) in [6, 6.07) is 16.9. The molecule has 0 aliphatic heterocycles. The number of anilines is 3. The van der Waals surface area contributed by atoms with Crippen molar-refractivity contribution in [3.05, 3.63) is 76.0 Å². The number of amides is 1. The maximum Gasteiger partial charge on any atom is 0.274 e. The Bertz CT molecular complexity index is 913. The summed E-state index contributed by atoms with van der Waals surface area (Å²) in [7, 11) is 0. The molecule has 0 spiro atoms. The van der Waals surface area contributed by atoms with Crippen molar-refractivity contribution in [2.75, 3.05) is 10.6 Å². The summed E-state index contributed by atoms with van der Waals surface area (Å²) in [5.74, 6) is 0.117. The fourth-order valence-corrected chi connectivity index (χ4v) is 2.56. The molecule has 1 heterocycles. The first-order chi connectivity index (χ1) is 12.0. The summed E-state index contributed by atoms with van der Waals surface area (Å²) in [4.78, 5) is 21.2. The highest BCUT2D eigenvalue weighted by molar-refractivity contribution is 9.10. The maximum atomic E-state index is 12.5. The van der Waals surface area contributed by atoms with Gasteiger partial charge in [-0.3, -0.25) is 4.79 Å². The maximum absolute atomic E-state index is 12.5. The van der Waals surface area contributed by atoms with Crippen LogP contribution in [0.1, 0.15) is 21.7 Å². The SMILES string of the molecule is Cc1cc(C(=O)Nc2ccc(Br)c(C)c2)nc(Nc2ccccc2)n1. The van der Waals surface area contributed by atoms with Gasteiger partial charge in [0.1, 0.15) is 5.69 Å². The van der Waals surface area contributed by atoms with Gasteiger partial charge in [-0.1, -0.05) is 34.1 Å². The number of nitrogens with one attached hydrogen (secondary N) is 2. The molecule has 5 nitrogen and oxygen atoms in total. The summed E-state index contributed by atoms with van der Waals surface area (Å²) in [5, 5.41) is 5.98. The Morgan fingerprint density at radius 3 is 2.44 bits per heavy atom. The number of benzene rings is 2. The highest BCUT2D eigenvalue weighted by Gasteiger charge is 2.12. The average Bonchev–Trinajstić information content (AvgIpc) is 2.58. The van der Waals surface area contributed by atoms with Crippen molar-refractivity contribution in [2.24, 2.45) is 0 Å². The lowest BCUT2D eigenvalue weighted by Gasteiger charge is -2.09. The van der Waals surface area contributed by atoms with E-state index < -0.39 is 0 Å². The predicted octanol–water partition coefficient (Wildman–Crippen LogP) is 4.85. The number of nitrogens with zero attached hydrogens (tertiary/aromatic N) is 2. The first-order valence-electron chi connectivity index (χ1n) is 7.76. The van der Waals surface area contributed by atoms with Crippen molar-refractivity contribution in [3.63, 3.8) is 0 Å². The molecule has 6 heteroatoms. The minimum Gasteiger partial charge on any atom is -0.324 e. The molecule has 2 aromatic carbocycles. The molecule has 0 unspecified atom stereocenters. The van der Waals surface area contributed by atoms with Crippen molar-refractivity contribution in [3.8, 4) is 0 Å². The third-order valence-electron chi connectivity index (χ3n) is 3.53. The van der Waals surface area contributed by atoms with Gasteiger partial charge in [-0.15, -0.1) is 0 Å². The van der Waals surface area contributed by atoms with Crippen LogP contribution in [0.25, 0.3) is 0 Å². The Morgan fingerprint density at radius 2 is 1.72 bits per heavy atom. The van der Waals surface area contributed by atoms with Crippen LogP contribution in [-0.2, 0) is 0 Å². The predicted molar refractivity (Wildman–Crippen MR) is 103 cm³/mol. The first kappa shape index (κ1) is 17.1. The smallest absolute Gasteiger partial charge is 0.274 e. The molecule has 25 heavy (non-hydrogen) atoms. The number of rotatable bonds is 4. The molecule has 1 aromatic heterocycles.